The van der Waals surface area contributed by atoms with Crippen LogP contribution >= 0.6 is 0 Å². The summed E-state index contributed by atoms with van der Waals surface area (Å²) < 4.78 is 4.52. The highest BCUT2D eigenvalue weighted by atomic mass is 16.5. The SMILES string of the molecule is COC(=O)CN(C)CC(=O)Nc1c(C)n[nH]c1C. The Morgan fingerprint density at radius 1 is 1.39 bits per heavy atom. The van der Waals surface area contributed by atoms with Crippen LogP contribution in [0.4, 0.5) is 5.69 Å². The highest BCUT2D eigenvalue weighted by Gasteiger charge is 2.13. The second kappa shape index (κ2) is 6.15. The van der Waals surface area contributed by atoms with Crippen molar-refractivity contribution in [3.8, 4) is 0 Å². The Morgan fingerprint density at radius 3 is 2.56 bits per heavy atom. The molecule has 0 unspecified atom stereocenters. The van der Waals surface area contributed by atoms with Gasteiger partial charge in [0.2, 0.25) is 5.91 Å². The summed E-state index contributed by atoms with van der Waals surface area (Å²) in [6.07, 6.45) is 0. The smallest absolute Gasteiger partial charge is 0.319 e. The van der Waals surface area contributed by atoms with E-state index in [1.165, 1.54) is 7.11 Å². The zero-order valence-corrected chi connectivity index (χ0v) is 11.0. The lowest BCUT2D eigenvalue weighted by Crippen LogP contribution is -2.34. The lowest BCUT2D eigenvalue weighted by molar-refractivity contribution is -0.141. The van der Waals surface area contributed by atoms with Gasteiger partial charge in [0.05, 0.1) is 37.3 Å². The molecule has 7 nitrogen and oxygen atoms in total. The van der Waals surface area contributed by atoms with Crippen LogP contribution in [-0.2, 0) is 14.3 Å². The Kier molecular flexibility index (Phi) is 4.85. The molecule has 2 N–H and O–H groups in total. The van der Waals surface area contributed by atoms with Gasteiger partial charge in [0.15, 0.2) is 0 Å². The van der Waals surface area contributed by atoms with Crippen LogP contribution in [0.2, 0.25) is 0 Å². The third-order valence-electron chi connectivity index (χ3n) is 2.43. The van der Waals surface area contributed by atoms with Crippen LogP contribution in [0.15, 0.2) is 0 Å². The van der Waals surface area contributed by atoms with Crippen molar-refractivity contribution in [1.82, 2.24) is 15.1 Å². The first-order valence-electron chi connectivity index (χ1n) is 5.50. The number of aryl methyl sites for hydroxylation is 2. The third-order valence-corrected chi connectivity index (χ3v) is 2.43. The van der Waals surface area contributed by atoms with Gasteiger partial charge in [0.25, 0.3) is 0 Å². The van der Waals surface area contributed by atoms with Gasteiger partial charge in [-0.15, -0.1) is 0 Å². The van der Waals surface area contributed by atoms with Gasteiger partial charge in [-0.1, -0.05) is 0 Å². The molecule has 1 rings (SSSR count). The number of H-pyrrole nitrogens is 1. The van der Waals surface area contributed by atoms with E-state index >= 15 is 0 Å². The van der Waals surface area contributed by atoms with E-state index in [1.807, 2.05) is 6.92 Å². The molecular weight excluding hydrogens is 236 g/mol. The average molecular weight is 254 g/mol. The van der Waals surface area contributed by atoms with E-state index < -0.39 is 0 Å². The van der Waals surface area contributed by atoms with Gasteiger partial charge in [0, 0.05) is 0 Å². The molecule has 1 amide bonds. The van der Waals surface area contributed by atoms with E-state index in [4.69, 9.17) is 0 Å². The molecule has 1 aromatic rings. The molecule has 1 heterocycles. The number of aromatic amines is 1. The predicted octanol–water partition coefficient (Wildman–Crippen LogP) is 0.0698. The van der Waals surface area contributed by atoms with Crippen molar-refractivity contribution in [2.24, 2.45) is 0 Å². The van der Waals surface area contributed by atoms with Crippen LogP contribution in [0, 0.1) is 13.8 Å². The standard InChI is InChI=1S/C11H18N4O3/c1-7-11(8(2)14-13-7)12-9(16)5-15(3)6-10(17)18-4/h5-6H2,1-4H3,(H,12,16)(H,13,14). The molecule has 0 aliphatic carbocycles. The molecule has 0 bridgehead atoms. The molecule has 0 fully saturated rings. The van der Waals surface area contributed by atoms with E-state index in [-0.39, 0.29) is 25.0 Å². The summed E-state index contributed by atoms with van der Waals surface area (Å²) in [7, 11) is 2.99. The van der Waals surface area contributed by atoms with Crippen molar-refractivity contribution >= 4 is 17.6 Å². The van der Waals surface area contributed by atoms with Crippen LogP contribution in [0.25, 0.3) is 0 Å². The number of anilines is 1. The fourth-order valence-corrected chi connectivity index (χ4v) is 1.50. The number of aromatic nitrogens is 2. The Labute approximate surface area is 105 Å². The number of carbonyl (C=O) groups excluding carboxylic acids is 2. The lowest BCUT2D eigenvalue weighted by atomic mass is 10.3. The molecule has 0 aliphatic rings. The highest BCUT2D eigenvalue weighted by molar-refractivity contribution is 5.93. The Bertz CT molecular complexity index is 422. The summed E-state index contributed by atoms with van der Waals surface area (Å²) in [5.74, 6) is -0.574. The zero-order chi connectivity index (χ0) is 13.7. The van der Waals surface area contributed by atoms with E-state index in [9.17, 15) is 9.59 Å². The first kappa shape index (κ1) is 14.2. The molecule has 7 heteroatoms. The molecule has 0 radical (unpaired) electrons. The number of carbonyl (C=O) groups is 2. The van der Waals surface area contributed by atoms with Gasteiger partial charge in [-0.3, -0.25) is 19.6 Å². The van der Waals surface area contributed by atoms with Crippen LogP contribution < -0.4 is 5.32 Å². The van der Waals surface area contributed by atoms with Gasteiger partial charge >= 0.3 is 5.97 Å². The fraction of sp³-hybridized carbons (Fsp3) is 0.545. The minimum Gasteiger partial charge on any atom is -0.468 e. The number of nitrogens with zero attached hydrogens (tertiary/aromatic N) is 2. The molecule has 0 atom stereocenters. The average Bonchev–Trinajstić information content (AvgIpc) is 2.60. The zero-order valence-electron chi connectivity index (χ0n) is 11.0. The second-order valence-corrected chi connectivity index (χ2v) is 4.11. The van der Waals surface area contributed by atoms with Gasteiger partial charge < -0.3 is 10.1 Å². The predicted molar refractivity (Wildman–Crippen MR) is 66.2 cm³/mol. The largest absolute Gasteiger partial charge is 0.468 e. The molecular formula is C11H18N4O3. The Hall–Kier alpha value is -1.89. The maximum Gasteiger partial charge on any atom is 0.319 e. The maximum absolute atomic E-state index is 11.7. The molecule has 0 aromatic carbocycles. The first-order chi connectivity index (χ1) is 8.43. The Morgan fingerprint density at radius 2 is 2.06 bits per heavy atom. The van der Waals surface area contributed by atoms with E-state index in [0.29, 0.717) is 5.69 Å². The van der Waals surface area contributed by atoms with Crippen molar-refractivity contribution in [3.05, 3.63) is 11.4 Å². The van der Waals surface area contributed by atoms with Crippen molar-refractivity contribution in [3.63, 3.8) is 0 Å². The van der Waals surface area contributed by atoms with Crippen LogP contribution in [0.3, 0.4) is 0 Å². The maximum atomic E-state index is 11.7. The highest BCUT2D eigenvalue weighted by Crippen LogP contribution is 2.15. The van der Waals surface area contributed by atoms with Crippen LogP contribution in [-0.4, -0.2) is 54.2 Å². The molecule has 1 aromatic heterocycles. The molecule has 0 saturated carbocycles. The number of nitrogens with one attached hydrogen (secondary N) is 2. The lowest BCUT2D eigenvalue weighted by Gasteiger charge is -2.14. The van der Waals surface area contributed by atoms with Crippen LogP contribution in [0.5, 0.6) is 0 Å². The molecule has 18 heavy (non-hydrogen) atoms. The van der Waals surface area contributed by atoms with Gasteiger partial charge in [-0.2, -0.15) is 5.10 Å². The monoisotopic (exact) mass is 254 g/mol. The van der Waals surface area contributed by atoms with Crippen molar-refractivity contribution in [2.45, 2.75) is 13.8 Å². The number of hydrogen-bond donors (Lipinski definition) is 2. The minimum atomic E-state index is -0.374. The van der Waals surface area contributed by atoms with E-state index in [0.717, 1.165) is 11.4 Å². The summed E-state index contributed by atoms with van der Waals surface area (Å²) in [6.45, 7) is 3.82. The number of likely N-dealkylation sites (N-methyl/N-ethyl adjacent to an activating group) is 1. The molecule has 0 spiro atoms. The van der Waals surface area contributed by atoms with Crippen molar-refractivity contribution < 1.29 is 14.3 Å². The Balaban J connectivity index is 2.49. The van der Waals surface area contributed by atoms with Gasteiger partial charge in [-0.05, 0) is 20.9 Å². The number of methoxy groups -OCH3 is 1. The van der Waals surface area contributed by atoms with Crippen LogP contribution in [0.1, 0.15) is 11.4 Å². The third kappa shape index (κ3) is 3.85. The summed E-state index contributed by atoms with van der Waals surface area (Å²) in [6, 6.07) is 0. The summed E-state index contributed by atoms with van der Waals surface area (Å²) >= 11 is 0. The number of hydrogen-bond acceptors (Lipinski definition) is 5. The number of amides is 1. The van der Waals surface area contributed by atoms with E-state index in [2.05, 4.69) is 20.3 Å². The van der Waals surface area contributed by atoms with E-state index in [1.54, 1.807) is 18.9 Å². The number of rotatable bonds is 5. The number of ether oxygens (including phenoxy) is 1. The quantitative estimate of drug-likeness (QED) is 0.726. The first-order valence-corrected chi connectivity index (χ1v) is 5.50. The molecule has 0 aliphatic heterocycles. The van der Waals surface area contributed by atoms with Crippen molar-refractivity contribution in [1.29, 1.82) is 0 Å². The van der Waals surface area contributed by atoms with Gasteiger partial charge in [-0.25, -0.2) is 0 Å². The summed E-state index contributed by atoms with van der Waals surface area (Å²) in [5.41, 5.74) is 2.22. The summed E-state index contributed by atoms with van der Waals surface area (Å²) in [5, 5.41) is 9.52. The fourth-order valence-electron chi connectivity index (χ4n) is 1.50. The van der Waals surface area contributed by atoms with Gasteiger partial charge in [0.1, 0.15) is 0 Å². The van der Waals surface area contributed by atoms with Crippen molar-refractivity contribution in [2.75, 3.05) is 32.6 Å². The summed E-state index contributed by atoms with van der Waals surface area (Å²) in [4.78, 5) is 24.3. The second-order valence-electron chi connectivity index (χ2n) is 4.11. The molecule has 100 valence electrons. The number of esters is 1. The normalized spacial score (nSPS) is 10.5. The minimum absolute atomic E-state index is 0.0767. The molecule has 0 saturated heterocycles. The topological polar surface area (TPSA) is 87.3 Å².